The van der Waals surface area contributed by atoms with Gasteiger partial charge in [-0.25, -0.2) is 17.7 Å². The molecule has 1 saturated heterocycles. The van der Waals surface area contributed by atoms with Crippen LogP contribution in [0.3, 0.4) is 0 Å². The Bertz CT molecular complexity index is 522. The first-order valence-electron chi connectivity index (χ1n) is 6.84. The van der Waals surface area contributed by atoms with Crippen LogP contribution in [-0.4, -0.2) is 41.6 Å². The second kappa shape index (κ2) is 5.63. The monoisotopic (exact) mass is 285 g/mol. The third kappa shape index (κ3) is 3.57. The van der Waals surface area contributed by atoms with E-state index in [1.807, 2.05) is 12.4 Å². The van der Waals surface area contributed by atoms with E-state index >= 15 is 0 Å². The largest absolute Gasteiger partial charge is 0.334 e. The van der Waals surface area contributed by atoms with Gasteiger partial charge in [0.1, 0.15) is 5.82 Å². The fourth-order valence-corrected chi connectivity index (χ4v) is 3.67. The van der Waals surface area contributed by atoms with E-state index in [0.717, 1.165) is 25.2 Å². The molecule has 108 valence electrons. The van der Waals surface area contributed by atoms with Crippen molar-refractivity contribution in [1.82, 2.24) is 13.9 Å². The molecule has 2 heterocycles. The van der Waals surface area contributed by atoms with Crippen LogP contribution >= 0.6 is 0 Å². The van der Waals surface area contributed by atoms with Gasteiger partial charge in [0, 0.05) is 37.9 Å². The molecule has 0 radical (unpaired) electrons. The number of sulfonamides is 1. The summed E-state index contributed by atoms with van der Waals surface area (Å²) in [4.78, 5) is 4.38. The average Bonchev–Trinajstić information content (AvgIpc) is 2.76. The topological polar surface area (TPSA) is 55.2 Å². The van der Waals surface area contributed by atoms with Gasteiger partial charge in [0.15, 0.2) is 0 Å². The molecule has 5 nitrogen and oxygen atoms in total. The van der Waals surface area contributed by atoms with Crippen LogP contribution in [0.2, 0.25) is 0 Å². The Kier molecular flexibility index (Phi) is 4.30. The molecule has 0 N–H and O–H groups in total. The maximum atomic E-state index is 11.6. The summed E-state index contributed by atoms with van der Waals surface area (Å²) in [5.41, 5.74) is 0. The zero-order valence-electron chi connectivity index (χ0n) is 11.9. The van der Waals surface area contributed by atoms with Gasteiger partial charge in [-0.05, 0) is 18.8 Å². The molecule has 1 aromatic heterocycles. The van der Waals surface area contributed by atoms with Crippen molar-refractivity contribution >= 4 is 10.0 Å². The van der Waals surface area contributed by atoms with Crippen LogP contribution in [0.5, 0.6) is 0 Å². The Labute approximate surface area is 115 Å². The molecule has 0 aromatic carbocycles. The Balaban J connectivity index is 2.05. The van der Waals surface area contributed by atoms with Gasteiger partial charge in [-0.3, -0.25) is 0 Å². The smallest absolute Gasteiger partial charge is 0.211 e. The quantitative estimate of drug-likeness (QED) is 0.845. The van der Waals surface area contributed by atoms with Crippen LogP contribution in [0.25, 0.3) is 0 Å². The van der Waals surface area contributed by atoms with Gasteiger partial charge in [-0.15, -0.1) is 0 Å². The van der Waals surface area contributed by atoms with Crippen LogP contribution in [-0.2, 0) is 16.6 Å². The van der Waals surface area contributed by atoms with E-state index in [0.29, 0.717) is 24.9 Å². The highest BCUT2D eigenvalue weighted by molar-refractivity contribution is 7.88. The van der Waals surface area contributed by atoms with Gasteiger partial charge >= 0.3 is 0 Å². The number of hydrogen-bond acceptors (Lipinski definition) is 3. The van der Waals surface area contributed by atoms with Crippen LogP contribution in [0.4, 0.5) is 0 Å². The van der Waals surface area contributed by atoms with Crippen LogP contribution in [0.15, 0.2) is 12.4 Å². The minimum absolute atomic E-state index is 0.384. The highest BCUT2D eigenvalue weighted by atomic mass is 32.2. The third-order valence-electron chi connectivity index (χ3n) is 3.67. The summed E-state index contributed by atoms with van der Waals surface area (Å²) >= 11 is 0. The lowest BCUT2D eigenvalue weighted by atomic mass is 9.99. The zero-order chi connectivity index (χ0) is 14.0. The molecule has 0 amide bonds. The van der Waals surface area contributed by atoms with Crippen molar-refractivity contribution in [2.24, 2.45) is 5.92 Å². The number of rotatable bonds is 4. The molecule has 0 bridgehead atoms. The highest BCUT2D eigenvalue weighted by Crippen LogP contribution is 2.22. The van der Waals surface area contributed by atoms with Crippen molar-refractivity contribution in [1.29, 1.82) is 0 Å². The maximum Gasteiger partial charge on any atom is 0.211 e. The first-order valence-corrected chi connectivity index (χ1v) is 8.69. The standard InChI is InChI=1S/C13H23N3O2S/c1-11(2)13-14-6-8-15(13)9-12-5-4-7-16(10-12)19(3,17)18/h6,8,11-12H,4-5,7,9-10H2,1-3H3. The minimum atomic E-state index is -3.06. The van der Waals surface area contributed by atoms with Crippen molar-refractivity contribution in [3.63, 3.8) is 0 Å². The Morgan fingerprint density at radius 1 is 1.47 bits per heavy atom. The summed E-state index contributed by atoms with van der Waals surface area (Å²) in [6, 6.07) is 0. The van der Waals surface area contributed by atoms with Gasteiger partial charge in [0.25, 0.3) is 0 Å². The molecule has 6 heteroatoms. The van der Waals surface area contributed by atoms with Gasteiger partial charge in [-0.1, -0.05) is 13.8 Å². The molecule has 1 fully saturated rings. The summed E-state index contributed by atoms with van der Waals surface area (Å²) in [6.45, 7) is 6.41. The van der Waals surface area contributed by atoms with E-state index in [2.05, 4.69) is 23.4 Å². The minimum Gasteiger partial charge on any atom is -0.334 e. The first-order chi connectivity index (χ1) is 8.88. The van der Waals surface area contributed by atoms with Crippen molar-refractivity contribution in [2.45, 2.75) is 39.2 Å². The third-order valence-corrected chi connectivity index (χ3v) is 4.94. The maximum absolute atomic E-state index is 11.6. The summed E-state index contributed by atoms with van der Waals surface area (Å²) in [5, 5.41) is 0. The fourth-order valence-electron chi connectivity index (χ4n) is 2.73. The zero-order valence-corrected chi connectivity index (χ0v) is 12.7. The van der Waals surface area contributed by atoms with E-state index in [1.165, 1.54) is 6.26 Å². The number of piperidine rings is 1. The molecule has 0 aliphatic carbocycles. The number of nitrogens with zero attached hydrogens (tertiary/aromatic N) is 3. The fraction of sp³-hybridized carbons (Fsp3) is 0.769. The van der Waals surface area contributed by atoms with Crippen molar-refractivity contribution in [2.75, 3.05) is 19.3 Å². The van der Waals surface area contributed by atoms with Crippen LogP contribution in [0, 0.1) is 5.92 Å². The van der Waals surface area contributed by atoms with Gasteiger partial charge in [-0.2, -0.15) is 0 Å². The normalized spacial score (nSPS) is 22.0. The Morgan fingerprint density at radius 2 is 2.21 bits per heavy atom. The van der Waals surface area contributed by atoms with Crippen molar-refractivity contribution < 1.29 is 8.42 Å². The summed E-state index contributed by atoms with van der Waals surface area (Å²) in [5.74, 6) is 1.86. The number of hydrogen-bond donors (Lipinski definition) is 0. The molecule has 1 atom stereocenters. The van der Waals surface area contributed by atoms with Gasteiger partial charge in [0.2, 0.25) is 10.0 Å². The molecular weight excluding hydrogens is 262 g/mol. The number of aromatic nitrogens is 2. The predicted molar refractivity (Wildman–Crippen MR) is 75.5 cm³/mol. The molecule has 1 aliphatic heterocycles. The predicted octanol–water partition coefficient (Wildman–Crippen LogP) is 1.68. The lowest BCUT2D eigenvalue weighted by Crippen LogP contribution is -2.40. The highest BCUT2D eigenvalue weighted by Gasteiger charge is 2.26. The number of imidazole rings is 1. The molecule has 19 heavy (non-hydrogen) atoms. The van der Waals surface area contributed by atoms with Crippen molar-refractivity contribution in [3.8, 4) is 0 Å². The molecular formula is C13H23N3O2S. The Hall–Kier alpha value is -0.880. The molecule has 2 rings (SSSR count). The first kappa shape index (κ1) is 14.5. The lowest BCUT2D eigenvalue weighted by Gasteiger charge is -2.31. The lowest BCUT2D eigenvalue weighted by molar-refractivity contribution is 0.244. The molecule has 1 aromatic rings. The van der Waals surface area contributed by atoms with Crippen molar-refractivity contribution in [3.05, 3.63) is 18.2 Å². The molecule has 0 spiro atoms. The molecule has 1 aliphatic rings. The van der Waals surface area contributed by atoms with Gasteiger partial charge < -0.3 is 4.57 Å². The van der Waals surface area contributed by atoms with E-state index < -0.39 is 10.0 Å². The molecule has 1 unspecified atom stereocenters. The van der Waals surface area contributed by atoms with E-state index in [-0.39, 0.29) is 0 Å². The Morgan fingerprint density at radius 3 is 2.84 bits per heavy atom. The van der Waals surface area contributed by atoms with Crippen LogP contribution in [0.1, 0.15) is 38.4 Å². The summed E-state index contributed by atoms with van der Waals surface area (Å²) < 4.78 is 27.0. The van der Waals surface area contributed by atoms with Gasteiger partial charge in [0.05, 0.1) is 6.26 Å². The average molecular weight is 285 g/mol. The second-order valence-electron chi connectivity index (χ2n) is 5.72. The van der Waals surface area contributed by atoms with Crippen LogP contribution < -0.4 is 0 Å². The molecule has 0 saturated carbocycles. The SMILES string of the molecule is CC(C)c1nccn1CC1CCCN(S(C)(=O)=O)C1. The van der Waals surface area contributed by atoms with E-state index in [9.17, 15) is 8.42 Å². The summed E-state index contributed by atoms with van der Waals surface area (Å²) in [7, 11) is -3.06. The van der Waals surface area contributed by atoms with E-state index in [4.69, 9.17) is 0 Å². The van der Waals surface area contributed by atoms with E-state index in [1.54, 1.807) is 4.31 Å². The summed E-state index contributed by atoms with van der Waals surface area (Å²) in [6.07, 6.45) is 7.15. The second-order valence-corrected chi connectivity index (χ2v) is 7.70.